The van der Waals surface area contributed by atoms with Crippen molar-refractivity contribution in [2.24, 2.45) is 0 Å². The quantitative estimate of drug-likeness (QED) is 0.722. The molecule has 3 N–H and O–H groups in total. The standard InChI is InChI=1S/C15H16O3/c16-14-8-6-12(7-9-14)10-11-15(17,18)13-4-2-1-3-5-13/h1-9,16-18H,10-11H2. The fourth-order valence-corrected chi connectivity index (χ4v) is 1.83. The first-order valence-corrected chi connectivity index (χ1v) is 5.86. The normalized spacial score (nSPS) is 11.4. The lowest BCUT2D eigenvalue weighted by atomic mass is 9.98. The number of hydrogen-bond acceptors (Lipinski definition) is 3. The summed E-state index contributed by atoms with van der Waals surface area (Å²) >= 11 is 0. The van der Waals surface area contributed by atoms with E-state index in [2.05, 4.69) is 0 Å². The molecule has 3 heteroatoms. The molecule has 0 aliphatic rings. The number of aliphatic hydroxyl groups is 2. The van der Waals surface area contributed by atoms with Gasteiger partial charge in [0.2, 0.25) is 0 Å². The van der Waals surface area contributed by atoms with Gasteiger partial charge in [0.15, 0.2) is 5.79 Å². The average molecular weight is 244 g/mol. The summed E-state index contributed by atoms with van der Waals surface area (Å²) in [6, 6.07) is 15.5. The Hall–Kier alpha value is -1.84. The average Bonchev–Trinajstić information content (AvgIpc) is 2.39. The molecule has 0 fully saturated rings. The van der Waals surface area contributed by atoms with Crippen LogP contribution in [0.5, 0.6) is 5.75 Å². The van der Waals surface area contributed by atoms with Crippen LogP contribution in [0.3, 0.4) is 0 Å². The maximum absolute atomic E-state index is 10.0. The third-order valence-corrected chi connectivity index (χ3v) is 2.93. The van der Waals surface area contributed by atoms with E-state index in [-0.39, 0.29) is 12.2 Å². The van der Waals surface area contributed by atoms with Gasteiger partial charge in [-0.15, -0.1) is 0 Å². The zero-order chi connectivity index (χ0) is 13.0. The molecule has 0 saturated heterocycles. The van der Waals surface area contributed by atoms with Crippen molar-refractivity contribution < 1.29 is 15.3 Å². The summed E-state index contributed by atoms with van der Waals surface area (Å²) in [5.74, 6) is -1.61. The molecule has 0 aliphatic carbocycles. The van der Waals surface area contributed by atoms with Crippen LogP contribution >= 0.6 is 0 Å². The van der Waals surface area contributed by atoms with Gasteiger partial charge in [-0.25, -0.2) is 0 Å². The van der Waals surface area contributed by atoms with Crippen molar-refractivity contribution in [2.45, 2.75) is 18.6 Å². The van der Waals surface area contributed by atoms with Crippen molar-refractivity contribution in [3.8, 4) is 5.75 Å². The van der Waals surface area contributed by atoms with E-state index in [1.165, 1.54) is 0 Å². The molecule has 0 spiro atoms. The number of phenolic OH excluding ortho intramolecular Hbond substituents is 1. The minimum Gasteiger partial charge on any atom is -0.508 e. The second-order valence-electron chi connectivity index (χ2n) is 4.35. The van der Waals surface area contributed by atoms with E-state index in [0.29, 0.717) is 12.0 Å². The van der Waals surface area contributed by atoms with Gasteiger partial charge in [0, 0.05) is 12.0 Å². The van der Waals surface area contributed by atoms with Crippen LogP contribution < -0.4 is 0 Å². The number of hydrogen-bond donors (Lipinski definition) is 3. The largest absolute Gasteiger partial charge is 0.508 e. The number of phenols is 1. The summed E-state index contributed by atoms with van der Waals surface area (Å²) < 4.78 is 0. The SMILES string of the molecule is Oc1ccc(CCC(O)(O)c2ccccc2)cc1. The summed E-state index contributed by atoms with van der Waals surface area (Å²) in [5, 5.41) is 29.2. The molecule has 0 bridgehead atoms. The smallest absolute Gasteiger partial charge is 0.190 e. The molecule has 0 atom stereocenters. The second-order valence-corrected chi connectivity index (χ2v) is 4.35. The van der Waals surface area contributed by atoms with Gasteiger partial charge in [0.05, 0.1) is 0 Å². The van der Waals surface area contributed by atoms with Crippen molar-refractivity contribution in [3.05, 3.63) is 65.7 Å². The zero-order valence-electron chi connectivity index (χ0n) is 9.95. The first-order valence-electron chi connectivity index (χ1n) is 5.86. The van der Waals surface area contributed by atoms with Crippen molar-refractivity contribution >= 4 is 0 Å². The molecule has 0 heterocycles. The molecule has 2 aromatic rings. The number of aryl methyl sites for hydroxylation is 1. The van der Waals surface area contributed by atoms with Crippen molar-refractivity contribution in [2.75, 3.05) is 0 Å². The highest BCUT2D eigenvalue weighted by Crippen LogP contribution is 2.24. The Labute approximate surface area is 106 Å². The van der Waals surface area contributed by atoms with Gasteiger partial charge < -0.3 is 15.3 Å². The van der Waals surface area contributed by atoms with Gasteiger partial charge in [-0.1, -0.05) is 42.5 Å². The van der Waals surface area contributed by atoms with E-state index in [0.717, 1.165) is 5.56 Å². The highest BCUT2D eigenvalue weighted by atomic mass is 16.5. The van der Waals surface area contributed by atoms with Gasteiger partial charge in [-0.3, -0.25) is 0 Å². The lowest BCUT2D eigenvalue weighted by Crippen LogP contribution is -2.25. The maximum atomic E-state index is 10.0. The summed E-state index contributed by atoms with van der Waals surface area (Å²) in [6.45, 7) is 0. The molecule has 0 amide bonds. The van der Waals surface area contributed by atoms with Gasteiger partial charge in [0.1, 0.15) is 5.75 Å². The third kappa shape index (κ3) is 3.09. The van der Waals surface area contributed by atoms with Crippen molar-refractivity contribution in [1.82, 2.24) is 0 Å². The van der Waals surface area contributed by atoms with Crippen LogP contribution in [0.15, 0.2) is 54.6 Å². The molecule has 0 aromatic heterocycles. The Balaban J connectivity index is 2.03. The Morgan fingerprint density at radius 3 is 2.06 bits per heavy atom. The second kappa shape index (κ2) is 5.21. The Morgan fingerprint density at radius 1 is 0.833 bits per heavy atom. The van der Waals surface area contributed by atoms with E-state index in [1.807, 2.05) is 6.07 Å². The lowest BCUT2D eigenvalue weighted by Gasteiger charge is -2.22. The fraction of sp³-hybridized carbons (Fsp3) is 0.200. The molecule has 0 saturated carbocycles. The van der Waals surface area contributed by atoms with Crippen LogP contribution in [-0.4, -0.2) is 15.3 Å². The lowest BCUT2D eigenvalue weighted by molar-refractivity contribution is -0.174. The van der Waals surface area contributed by atoms with E-state index in [1.54, 1.807) is 48.5 Å². The molecule has 0 radical (unpaired) electrons. The molecule has 2 aromatic carbocycles. The van der Waals surface area contributed by atoms with Crippen LogP contribution in [0.4, 0.5) is 0 Å². The number of rotatable bonds is 4. The first-order chi connectivity index (χ1) is 8.58. The van der Waals surface area contributed by atoms with Gasteiger partial charge in [-0.05, 0) is 24.1 Å². The van der Waals surface area contributed by atoms with Gasteiger partial charge in [0.25, 0.3) is 0 Å². The van der Waals surface area contributed by atoms with Crippen LogP contribution in [0.1, 0.15) is 17.5 Å². The molecule has 0 aliphatic heterocycles. The highest BCUT2D eigenvalue weighted by Gasteiger charge is 2.24. The third-order valence-electron chi connectivity index (χ3n) is 2.93. The minimum atomic E-state index is -1.82. The molecule has 2 rings (SSSR count). The molecule has 0 unspecified atom stereocenters. The summed E-state index contributed by atoms with van der Waals surface area (Å²) in [7, 11) is 0. The van der Waals surface area contributed by atoms with Crippen LogP contribution in [0, 0.1) is 0 Å². The Bertz CT molecular complexity index is 489. The maximum Gasteiger partial charge on any atom is 0.190 e. The van der Waals surface area contributed by atoms with Crippen molar-refractivity contribution in [3.63, 3.8) is 0 Å². The highest BCUT2D eigenvalue weighted by molar-refractivity contribution is 5.26. The van der Waals surface area contributed by atoms with E-state index in [4.69, 9.17) is 5.11 Å². The van der Waals surface area contributed by atoms with Gasteiger partial charge >= 0.3 is 0 Å². The van der Waals surface area contributed by atoms with Crippen LogP contribution in [0.25, 0.3) is 0 Å². The van der Waals surface area contributed by atoms with Crippen LogP contribution in [-0.2, 0) is 12.2 Å². The van der Waals surface area contributed by atoms with Gasteiger partial charge in [-0.2, -0.15) is 0 Å². The Kier molecular flexibility index (Phi) is 3.65. The minimum absolute atomic E-state index is 0.209. The molecule has 3 nitrogen and oxygen atoms in total. The summed E-state index contributed by atoms with van der Waals surface area (Å²) in [6.07, 6.45) is 0.740. The molecular formula is C15H16O3. The number of aromatic hydroxyl groups is 1. The fourth-order valence-electron chi connectivity index (χ4n) is 1.83. The van der Waals surface area contributed by atoms with Crippen molar-refractivity contribution in [1.29, 1.82) is 0 Å². The topological polar surface area (TPSA) is 60.7 Å². The van der Waals surface area contributed by atoms with E-state index >= 15 is 0 Å². The van der Waals surface area contributed by atoms with E-state index in [9.17, 15) is 10.2 Å². The summed E-state index contributed by atoms with van der Waals surface area (Å²) in [5.41, 5.74) is 1.44. The Morgan fingerprint density at radius 2 is 1.44 bits per heavy atom. The summed E-state index contributed by atoms with van der Waals surface area (Å²) in [4.78, 5) is 0. The molecule has 94 valence electrons. The zero-order valence-corrected chi connectivity index (χ0v) is 9.95. The number of benzene rings is 2. The monoisotopic (exact) mass is 244 g/mol. The predicted molar refractivity (Wildman–Crippen MR) is 69.0 cm³/mol. The first kappa shape index (κ1) is 12.6. The van der Waals surface area contributed by atoms with E-state index < -0.39 is 5.79 Å². The molecular weight excluding hydrogens is 228 g/mol. The predicted octanol–water partition coefficient (Wildman–Crippen LogP) is 2.16. The van der Waals surface area contributed by atoms with Crippen LogP contribution in [0.2, 0.25) is 0 Å². The molecule has 18 heavy (non-hydrogen) atoms.